The third-order valence-electron chi connectivity index (χ3n) is 14.4. The molecule has 0 amide bonds. The summed E-state index contributed by atoms with van der Waals surface area (Å²) in [5, 5.41) is 0. The van der Waals surface area contributed by atoms with E-state index in [4.69, 9.17) is 9.47 Å². The third kappa shape index (κ3) is 2.76. The van der Waals surface area contributed by atoms with Crippen molar-refractivity contribution in [3.63, 3.8) is 0 Å². The second-order valence-corrected chi connectivity index (χ2v) is 16.4. The van der Waals surface area contributed by atoms with Gasteiger partial charge in [0.1, 0.15) is 11.7 Å². The lowest BCUT2D eigenvalue weighted by atomic mass is 9.31. The molecule has 6 rings (SSSR count). The lowest BCUT2D eigenvalue weighted by molar-refractivity contribution is -0.253. The molecule has 6 fully saturated rings. The fourth-order valence-corrected chi connectivity index (χ4v) is 12.3. The largest absolute Gasteiger partial charge is 0.462 e. The topological polar surface area (TPSA) is 38.8 Å². The van der Waals surface area contributed by atoms with Crippen molar-refractivity contribution < 1.29 is 14.3 Å². The number of carbonyl (C=O) groups excluding carboxylic acids is 1. The Morgan fingerprint density at radius 3 is 2.03 bits per heavy atom. The van der Waals surface area contributed by atoms with Gasteiger partial charge in [0.25, 0.3) is 0 Å². The highest BCUT2D eigenvalue weighted by Crippen LogP contribution is 2.81. The Hall–Kier alpha value is -0.570. The van der Waals surface area contributed by atoms with E-state index in [9.17, 15) is 4.79 Å². The van der Waals surface area contributed by atoms with Gasteiger partial charge in [0.05, 0.1) is 6.10 Å². The van der Waals surface area contributed by atoms with Gasteiger partial charge in [-0.1, -0.05) is 55.4 Å². The number of ether oxygens (including phenoxy) is 2. The maximum Gasteiger partial charge on any atom is 0.302 e. The van der Waals surface area contributed by atoms with Crippen molar-refractivity contribution in [2.75, 3.05) is 0 Å². The van der Waals surface area contributed by atoms with Crippen molar-refractivity contribution in [1.29, 1.82) is 0 Å². The van der Waals surface area contributed by atoms with Crippen molar-refractivity contribution >= 4 is 5.97 Å². The fraction of sp³-hybridized carbons (Fsp3) is 0.969. The predicted molar refractivity (Wildman–Crippen MR) is 140 cm³/mol. The molecule has 1 aliphatic heterocycles. The van der Waals surface area contributed by atoms with E-state index in [0.29, 0.717) is 45.0 Å². The van der Waals surface area contributed by atoms with Crippen LogP contribution in [0.5, 0.6) is 0 Å². The zero-order valence-corrected chi connectivity index (χ0v) is 24.2. The standard InChI is InChI=1S/C32H52O3/c1-20(33)34-24-13-14-29(7)21(27(24,4)5)12-15-30(8)22(29)10-11-23-31(30,9)19-18-28(6)17-16-26(2,3)25-32(23,28)35-25/h21-25H,10-19H2,1-9H3/t21?,22?,23-,24-,25-,28+,29-,30+,31+,32?/m0/s1. The zero-order chi connectivity index (χ0) is 25.4. The van der Waals surface area contributed by atoms with Crippen molar-refractivity contribution in [2.24, 2.45) is 50.2 Å². The molecule has 0 radical (unpaired) electrons. The van der Waals surface area contributed by atoms with Crippen LogP contribution < -0.4 is 0 Å². The lowest BCUT2D eigenvalue weighted by Crippen LogP contribution is -2.69. The van der Waals surface area contributed by atoms with Crippen LogP contribution in [0.15, 0.2) is 0 Å². The molecule has 1 heterocycles. The number of rotatable bonds is 1. The van der Waals surface area contributed by atoms with Crippen molar-refractivity contribution in [2.45, 2.75) is 144 Å². The maximum absolute atomic E-state index is 11.9. The molecule has 0 N–H and O–H groups in total. The summed E-state index contributed by atoms with van der Waals surface area (Å²) in [6, 6.07) is 0. The monoisotopic (exact) mass is 484 g/mol. The Morgan fingerprint density at radius 1 is 0.714 bits per heavy atom. The Labute approximate surface area is 214 Å². The minimum Gasteiger partial charge on any atom is -0.462 e. The summed E-state index contributed by atoms with van der Waals surface area (Å²) in [5.74, 6) is 1.96. The average Bonchev–Trinajstić information content (AvgIpc) is 3.51. The summed E-state index contributed by atoms with van der Waals surface area (Å²) in [7, 11) is 0. The molecule has 1 saturated heterocycles. The molecular weight excluding hydrogens is 432 g/mol. The van der Waals surface area contributed by atoms with Gasteiger partial charge in [-0.05, 0) is 109 Å². The molecule has 35 heavy (non-hydrogen) atoms. The Balaban J connectivity index is 1.36. The van der Waals surface area contributed by atoms with Crippen molar-refractivity contribution in [3.05, 3.63) is 0 Å². The van der Waals surface area contributed by atoms with Gasteiger partial charge in [0.15, 0.2) is 0 Å². The minimum atomic E-state index is -0.112. The van der Waals surface area contributed by atoms with Crippen molar-refractivity contribution in [3.8, 4) is 0 Å². The summed E-state index contributed by atoms with van der Waals surface area (Å²) in [4.78, 5) is 11.9. The highest BCUT2D eigenvalue weighted by Gasteiger charge is 2.82. The maximum atomic E-state index is 11.9. The SMILES string of the molecule is CC(=O)O[C@H]1CC[C@@]2(C)C(CC[C@]3(C)C2CC[C@@H]2C45O[C@H]4C(C)(C)CC[C@]5(C)CC[C@]23C)C1(C)C. The molecule has 198 valence electrons. The van der Waals surface area contributed by atoms with Gasteiger partial charge < -0.3 is 9.47 Å². The van der Waals surface area contributed by atoms with Crippen LogP contribution in [0.4, 0.5) is 0 Å². The Bertz CT molecular complexity index is 937. The molecule has 6 aliphatic rings. The Morgan fingerprint density at radius 2 is 1.34 bits per heavy atom. The van der Waals surface area contributed by atoms with E-state index in [0.717, 1.165) is 12.3 Å². The van der Waals surface area contributed by atoms with E-state index in [1.807, 2.05) is 0 Å². The summed E-state index contributed by atoms with van der Waals surface area (Å²) < 4.78 is 12.9. The van der Waals surface area contributed by atoms with Gasteiger partial charge in [0.2, 0.25) is 0 Å². The van der Waals surface area contributed by atoms with E-state index in [1.165, 1.54) is 57.8 Å². The van der Waals surface area contributed by atoms with E-state index in [2.05, 4.69) is 55.4 Å². The minimum absolute atomic E-state index is 0.0413. The fourth-order valence-electron chi connectivity index (χ4n) is 12.3. The van der Waals surface area contributed by atoms with Crippen molar-refractivity contribution in [1.82, 2.24) is 0 Å². The molecule has 0 aromatic rings. The summed E-state index contributed by atoms with van der Waals surface area (Å²) in [6.07, 6.45) is 13.4. The molecule has 0 bridgehead atoms. The first-order valence-corrected chi connectivity index (χ1v) is 14.9. The molecule has 5 aliphatic carbocycles. The predicted octanol–water partition coefficient (Wildman–Crippen LogP) is 7.95. The molecule has 10 atom stereocenters. The quantitative estimate of drug-likeness (QED) is 0.280. The van der Waals surface area contributed by atoms with Gasteiger partial charge in [-0.15, -0.1) is 0 Å². The molecule has 1 spiro atoms. The van der Waals surface area contributed by atoms with Crippen LogP contribution in [-0.2, 0) is 14.3 Å². The van der Waals surface area contributed by atoms with Crippen LogP contribution >= 0.6 is 0 Å². The van der Waals surface area contributed by atoms with Crippen LogP contribution in [-0.4, -0.2) is 23.8 Å². The zero-order valence-electron chi connectivity index (χ0n) is 24.2. The van der Waals surface area contributed by atoms with Crippen LogP contribution in [0.3, 0.4) is 0 Å². The first kappa shape index (κ1) is 24.7. The Kier molecular flexibility index (Phi) is 4.87. The summed E-state index contributed by atoms with van der Waals surface area (Å²) in [6.45, 7) is 22.0. The van der Waals surface area contributed by atoms with Gasteiger partial charge in [0, 0.05) is 12.3 Å². The van der Waals surface area contributed by atoms with Crippen LogP contribution in [0.2, 0.25) is 0 Å². The highest BCUT2D eigenvalue weighted by atomic mass is 16.6. The number of hydrogen-bond acceptors (Lipinski definition) is 3. The number of carbonyl (C=O) groups is 1. The first-order valence-electron chi connectivity index (χ1n) is 14.9. The summed E-state index contributed by atoms with van der Waals surface area (Å²) in [5.41, 5.74) is 1.89. The van der Waals surface area contributed by atoms with Gasteiger partial charge in [-0.2, -0.15) is 0 Å². The second-order valence-electron chi connectivity index (χ2n) is 16.4. The van der Waals surface area contributed by atoms with Crippen LogP contribution in [0.1, 0.15) is 127 Å². The van der Waals surface area contributed by atoms with E-state index in [1.54, 1.807) is 6.92 Å². The number of esters is 1. The van der Waals surface area contributed by atoms with Crippen LogP contribution in [0, 0.1) is 50.2 Å². The van der Waals surface area contributed by atoms with E-state index < -0.39 is 0 Å². The van der Waals surface area contributed by atoms with Crippen LogP contribution in [0.25, 0.3) is 0 Å². The average molecular weight is 485 g/mol. The van der Waals surface area contributed by atoms with E-state index in [-0.39, 0.29) is 23.1 Å². The van der Waals surface area contributed by atoms with Gasteiger partial charge in [-0.3, -0.25) is 4.79 Å². The summed E-state index contributed by atoms with van der Waals surface area (Å²) >= 11 is 0. The molecule has 0 aromatic heterocycles. The third-order valence-corrected chi connectivity index (χ3v) is 14.4. The van der Waals surface area contributed by atoms with E-state index >= 15 is 0 Å². The normalized spacial score (nSPS) is 57.5. The van der Waals surface area contributed by atoms with Gasteiger partial charge in [-0.25, -0.2) is 0 Å². The molecule has 0 aromatic carbocycles. The first-order chi connectivity index (χ1) is 16.1. The number of epoxide rings is 1. The second kappa shape index (κ2) is 6.89. The lowest BCUT2D eigenvalue weighted by Gasteiger charge is -2.73. The molecule has 3 nitrogen and oxygen atoms in total. The highest BCUT2D eigenvalue weighted by molar-refractivity contribution is 5.66. The van der Waals surface area contributed by atoms with Gasteiger partial charge >= 0.3 is 5.97 Å². The number of fused-ring (bicyclic) bond motifs is 5. The number of hydrogen-bond donors (Lipinski definition) is 0. The molecule has 3 heteroatoms. The molecule has 3 unspecified atom stereocenters. The molecular formula is C32H52O3. The smallest absolute Gasteiger partial charge is 0.302 e. The molecule has 5 saturated carbocycles.